The van der Waals surface area contributed by atoms with E-state index in [0.29, 0.717) is 5.92 Å². The Labute approximate surface area is 119 Å². The summed E-state index contributed by atoms with van der Waals surface area (Å²) in [6, 6.07) is 1.24. The van der Waals surface area contributed by atoms with E-state index in [2.05, 4.69) is 18.8 Å². The SMILES string of the molecule is CC(C)CC(C)N(C)S(=O)(=O)c1cnc(N)c(Cl)c1. The van der Waals surface area contributed by atoms with Crippen LogP contribution in [0.4, 0.5) is 5.82 Å². The van der Waals surface area contributed by atoms with Crippen LogP contribution in [-0.4, -0.2) is 30.8 Å². The van der Waals surface area contributed by atoms with Crippen LogP contribution in [0.5, 0.6) is 0 Å². The lowest BCUT2D eigenvalue weighted by atomic mass is 10.1. The molecule has 1 aromatic rings. The molecule has 1 aromatic heterocycles. The minimum atomic E-state index is -3.59. The van der Waals surface area contributed by atoms with Gasteiger partial charge in [0, 0.05) is 19.3 Å². The number of hydrogen-bond acceptors (Lipinski definition) is 4. The molecule has 1 rings (SSSR count). The second-order valence-corrected chi connectivity index (χ2v) is 7.44. The number of rotatable bonds is 5. The predicted octanol–water partition coefficient (Wildman–Crippen LogP) is 2.37. The average molecular weight is 306 g/mol. The van der Waals surface area contributed by atoms with Crippen LogP contribution >= 0.6 is 11.6 Å². The Hall–Kier alpha value is -0.850. The van der Waals surface area contributed by atoms with Crippen molar-refractivity contribution in [2.24, 2.45) is 5.92 Å². The molecule has 0 aliphatic carbocycles. The van der Waals surface area contributed by atoms with Crippen molar-refractivity contribution in [2.45, 2.75) is 38.1 Å². The van der Waals surface area contributed by atoms with Gasteiger partial charge >= 0.3 is 0 Å². The molecule has 0 saturated heterocycles. The summed E-state index contributed by atoms with van der Waals surface area (Å²) in [7, 11) is -2.03. The van der Waals surface area contributed by atoms with Crippen molar-refractivity contribution in [1.82, 2.24) is 9.29 Å². The maximum Gasteiger partial charge on any atom is 0.244 e. The lowest BCUT2D eigenvalue weighted by molar-refractivity contribution is 0.337. The van der Waals surface area contributed by atoms with Crippen molar-refractivity contribution < 1.29 is 8.42 Å². The van der Waals surface area contributed by atoms with Crippen LogP contribution in [0.25, 0.3) is 0 Å². The van der Waals surface area contributed by atoms with Gasteiger partial charge < -0.3 is 5.73 Å². The molecule has 0 aliphatic heterocycles. The fourth-order valence-corrected chi connectivity index (χ4v) is 3.38. The second-order valence-electron chi connectivity index (χ2n) is 5.04. The fraction of sp³-hybridized carbons (Fsp3) is 0.583. The summed E-state index contributed by atoms with van der Waals surface area (Å²) in [5.41, 5.74) is 5.48. The zero-order valence-corrected chi connectivity index (χ0v) is 13.2. The smallest absolute Gasteiger partial charge is 0.244 e. The molecule has 0 radical (unpaired) electrons. The lowest BCUT2D eigenvalue weighted by Crippen LogP contribution is -2.36. The molecule has 5 nitrogen and oxygen atoms in total. The molecular formula is C12H20ClN3O2S. The quantitative estimate of drug-likeness (QED) is 0.906. The van der Waals surface area contributed by atoms with Crippen LogP contribution in [0.3, 0.4) is 0 Å². The molecule has 0 aliphatic rings. The number of sulfonamides is 1. The first-order valence-electron chi connectivity index (χ1n) is 6.05. The van der Waals surface area contributed by atoms with E-state index in [4.69, 9.17) is 17.3 Å². The van der Waals surface area contributed by atoms with E-state index in [1.807, 2.05) is 6.92 Å². The number of hydrogen-bond donors (Lipinski definition) is 1. The van der Waals surface area contributed by atoms with Crippen molar-refractivity contribution in [2.75, 3.05) is 12.8 Å². The topological polar surface area (TPSA) is 76.3 Å². The molecule has 7 heteroatoms. The highest BCUT2D eigenvalue weighted by Gasteiger charge is 2.26. The standard InChI is InChI=1S/C12H20ClN3O2S/c1-8(2)5-9(3)16(4)19(17,18)10-6-11(13)12(14)15-7-10/h6-9H,5H2,1-4H3,(H2,14,15). The highest BCUT2D eigenvalue weighted by atomic mass is 35.5. The zero-order valence-electron chi connectivity index (χ0n) is 11.6. The van der Waals surface area contributed by atoms with Gasteiger partial charge in [0.2, 0.25) is 10.0 Å². The largest absolute Gasteiger partial charge is 0.382 e. The van der Waals surface area contributed by atoms with Crippen LogP contribution in [0.2, 0.25) is 5.02 Å². The monoisotopic (exact) mass is 305 g/mol. The zero-order chi connectivity index (χ0) is 14.8. The molecule has 1 unspecified atom stereocenters. The summed E-state index contributed by atoms with van der Waals surface area (Å²) in [5, 5.41) is 0.144. The summed E-state index contributed by atoms with van der Waals surface area (Å²) in [6.07, 6.45) is 2.01. The van der Waals surface area contributed by atoms with Gasteiger partial charge in [-0.15, -0.1) is 0 Å². The molecule has 108 valence electrons. The van der Waals surface area contributed by atoms with Gasteiger partial charge in [-0.1, -0.05) is 25.4 Å². The van der Waals surface area contributed by atoms with E-state index in [0.717, 1.165) is 6.42 Å². The van der Waals surface area contributed by atoms with Crippen LogP contribution in [0.1, 0.15) is 27.2 Å². The first-order chi connectivity index (χ1) is 8.66. The molecule has 19 heavy (non-hydrogen) atoms. The molecule has 2 N–H and O–H groups in total. The molecule has 0 saturated carbocycles. The number of pyridine rings is 1. The number of nitrogen functional groups attached to an aromatic ring is 1. The Morgan fingerprint density at radius 3 is 2.47 bits per heavy atom. The summed E-state index contributed by atoms with van der Waals surface area (Å²) in [5.74, 6) is 0.541. The molecule has 1 atom stereocenters. The van der Waals surface area contributed by atoms with Crippen molar-refractivity contribution in [3.05, 3.63) is 17.3 Å². The van der Waals surface area contributed by atoms with Crippen LogP contribution in [0.15, 0.2) is 17.2 Å². The summed E-state index contributed by atoms with van der Waals surface area (Å²) >= 11 is 5.82. The third kappa shape index (κ3) is 3.81. The molecule has 0 bridgehead atoms. The summed E-state index contributed by atoms with van der Waals surface area (Å²) in [4.78, 5) is 3.85. The van der Waals surface area contributed by atoms with Gasteiger partial charge in [-0.3, -0.25) is 0 Å². The van der Waals surface area contributed by atoms with Crippen molar-refractivity contribution >= 4 is 27.4 Å². The summed E-state index contributed by atoms with van der Waals surface area (Å²) in [6.45, 7) is 5.99. The van der Waals surface area contributed by atoms with Gasteiger partial charge in [-0.2, -0.15) is 4.31 Å². The van der Waals surface area contributed by atoms with E-state index < -0.39 is 10.0 Å². The Morgan fingerprint density at radius 2 is 2.00 bits per heavy atom. The summed E-state index contributed by atoms with van der Waals surface area (Å²) < 4.78 is 26.2. The van der Waals surface area contributed by atoms with Gasteiger partial charge in [0.15, 0.2) is 0 Å². The number of anilines is 1. The Balaban J connectivity index is 3.06. The molecule has 0 fully saturated rings. The number of aromatic nitrogens is 1. The molecular weight excluding hydrogens is 286 g/mol. The normalized spacial score (nSPS) is 14.1. The second kappa shape index (κ2) is 6.07. The Morgan fingerprint density at radius 1 is 1.42 bits per heavy atom. The van der Waals surface area contributed by atoms with Crippen LogP contribution in [0, 0.1) is 5.92 Å². The number of halogens is 1. The van der Waals surface area contributed by atoms with Crippen LogP contribution < -0.4 is 5.73 Å². The van der Waals surface area contributed by atoms with E-state index in [-0.39, 0.29) is 21.8 Å². The van der Waals surface area contributed by atoms with E-state index in [1.54, 1.807) is 7.05 Å². The van der Waals surface area contributed by atoms with E-state index in [1.165, 1.54) is 16.6 Å². The highest BCUT2D eigenvalue weighted by molar-refractivity contribution is 7.89. The van der Waals surface area contributed by atoms with Crippen molar-refractivity contribution in [3.8, 4) is 0 Å². The predicted molar refractivity (Wildman–Crippen MR) is 77.5 cm³/mol. The first-order valence-corrected chi connectivity index (χ1v) is 7.87. The minimum absolute atomic E-state index is 0.0600. The Kier molecular flexibility index (Phi) is 5.18. The fourth-order valence-electron chi connectivity index (χ4n) is 1.81. The number of nitrogens with two attached hydrogens (primary N) is 1. The first kappa shape index (κ1) is 16.2. The number of nitrogens with zero attached hydrogens (tertiary/aromatic N) is 2. The maximum absolute atomic E-state index is 12.4. The maximum atomic E-state index is 12.4. The lowest BCUT2D eigenvalue weighted by Gasteiger charge is -2.25. The molecule has 0 amide bonds. The van der Waals surface area contributed by atoms with Crippen molar-refractivity contribution in [3.63, 3.8) is 0 Å². The van der Waals surface area contributed by atoms with E-state index >= 15 is 0 Å². The molecule has 1 heterocycles. The average Bonchev–Trinajstić information content (AvgIpc) is 2.30. The minimum Gasteiger partial charge on any atom is -0.382 e. The van der Waals surface area contributed by atoms with Crippen LogP contribution in [-0.2, 0) is 10.0 Å². The molecule has 0 aromatic carbocycles. The molecule has 0 spiro atoms. The van der Waals surface area contributed by atoms with Gasteiger partial charge in [0.1, 0.15) is 10.7 Å². The van der Waals surface area contributed by atoms with E-state index in [9.17, 15) is 8.42 Å². The third-order valence-corrected chi connectivity index (χ3v) is 5.19. The van der Waals surface area contributed by atoms with Gasteiger partial charge in [0.25, 0.3) is 0 Å². The highest BCUT2D eigenvalue weighted by Crippen LogP contribution is 2.24. The Bertz CT molecular complexity index is 546. The van der Waals surface area contributed by atoms with Gasteiger partial charge in [0.05, 0.1) is 5.02 Å². The third-order valence-electron chi connectivity index (χ3n) is 2.95. The van der Waals surface area contributed by atoms with Crippen molar-refractivity contribution in [1.29, 1.82) is 0 Å². The van der Waals surface area contributed by atoms with Gasteiger partial charge in [-0.25, -0.2) is 13.4 Å². The van der Waals surface area contributed by atoms with Gasteiger partial charge in [-0.05, 0) is 25.3 Å².